The second kappa shape index (κ2) is 1.84. The Hall–Kier alpha value is -1.31. The van der Waals surface area contributed by atoms with Crippen LogP contribution < -0.4 is 0 Å². The smallest absolute Gasteiger partial charge is 0.152 e. The van der Waals surface area contributed by atoms with Crippen molar-refractivity contribution in [2.45, 2.75) is 6.92 Å². The third-order valence-electron chi connectivity index (χ3n) is 1.44. The molecule has 0 unspecified atom stereocenters. The Morgan fingerprint density at radius 2 is 2.40 bits per heavy atom. The maximum Gasteiger partial charge on any atom is 0.152 e. The fraction of sp³-hybridized carbons (Fsp3) is 0.125. The van der Waals surface area contributed by atoms with E-state index in [1.54, 1.807) is 6.26 Å². The average Bonchev–Trinajstić information content (AvgIpc) is 2.33. The van der Waals surface area contributed by atoms with Crippen LogP contribution in [0, 0.1) is 6.92 Å². The Balaban J connectivity index is 2.86. The molecule has 2 heteroatoms. The van der Waals surface area contributed by atoms with Crippen molar-refractivity contribution < 1.29 is 4.42 Å². The fourth-order valence-electron chi connectivity index (χ4n) is 0.944. The van der Waals surface area contributed by atoms with Crippen LogP contribution in [0.25, 0.3) is 11.1 Å². The van der Waals surface area contributed by atoms with E-state index in [9.17, 15) is 0 Å². The quantitative estimate of drug-likeness (QED) is 0.550. The van der Waals surface area contributed by atoms with Crippen LogP contribution in [-0.4, -0.2) is 4.98 Å². The van der Waals surface area contributed by atoms with Crippen LogP contribution in [0.15, 0.2) is 29.0 Å². The van der Waals surface area contributed by atoms with E-state index in [-0.39, 0.29) is 0 Å². The Kier molecular flexibility index (Phi) is 1.01. The van der Waals surface area contributed by atoms with Crippen molar-refractivity contribution in [3.63, 3.8) is 0 Å². The highest BCUT2D eigenvalue weighted by atomic mass is 16.3. The van der Waals surface area contributed by atoms with Crippen molar-refractivity contribution in [3.8, 4) is 0 Å². The minimum atomic E-state index is 0.861. The monoisotopic (exact) mass is 133 g/mol. The number of nitrogens with zero attached hydrogens (tertiary/aromatic N) is 1. The lowest BCUT2D eigenvalue weighted by molar-refractivity contribution is 0.615. The molecule has 0 bridgehead atoms. The summed E-state index contributed by atoms with van der Waals surface area (Å²) in [7, 11) is 0. The summed E-state index contributed by atoms with van der Waals surface area (Å²) in [6, 6.07) is 3.83. The molecule has 10 heavy (non-hydrogen) atoms. The van der Waals surface area contributed by atoms with E-state index in [0.29, 0.717) is 0 Å². The number of furan rings is 1. The molecule has 2 heterocycles. The molecule has 2 nitrogen and oxygen atoms in total. The van der Waals surface area contributed by atoms with E-state index < -0.39 is 0 Å². The number of aromatic nitrogens is 1. The molecule has 2 aromatic heterocycles. The first-order valence-corrected chi connectivity index (χ1v) is 3.16. The van der Waals surface area contributed by atoms with Crippen molar-refractivity contribution in [1.29, 1.82) is 0 Å². The molecule has 0 aliphatic heterocycles. The predicted molar refractivity (Wildman–Crippen MR) is 38.7 cm³/mol. The zero-order chi connectivity index (χ0) is 6.97. The summed E-state index contributed by atoms with van der Waals surface area (Å²) in [5, 5.41) is 0. The lowest BCUT2D eigenvalue weighted by atomic mass is 10.3. The summed E-state index contributed by atoms with van der Waals surface area (Å²) in [6.45, 7) is 2.00. The predicted octanol–water partition coefficient (Wildman–Crippen LogP) is 2.14. The summed E-state index contributed by atoms with van der Waals surface area (Å²) in [6.07, 6.45) is 3.48. The number of hydrogen-bond donors (Lipinski definition) is 0. The molecule has 0 atom stereocenters. The molecule has 0 aromatic carbocycles. The Labute approximate surface area is 58.5 Å². The Morgan fingerprint density at radius 1 is 1.50 bits per heavy atom. The summed E-state index contributed by atoms with van der Waals surface area (Å²) in [5.74, 6) is 0. The topological polar surface area (TPSA) is 26.0 Å². The van der Waals surface area contributed by atoms with E-state index in [2.05, 4.69) is 4.98 Å². The molecular formula is C8H7NO. The molecule has 0 radical (unpaired) electrons. The van der Waals surface area contributed by atoms with Gasteiger partial charge >= 0.3 is 0 Å². The molecule has 0 N–H and O–H groups in total. The van der Waals surface area contributed by atoms with Crippen molar-refractivity contribution in [1.82, 2.24) is 4.98 Å². The van der Waals surface area contributed by atoms with Gasteiger partial charge in [0.15, 0.2) is 5.58 Å². The van der Waals surface area contributed by atoms with Gasteiger partial charge in [-0.15, -0.1) is 0 Å². The van der Waals surface area contributed by atoms with Crippen molar-refractivity contribution >= 4 is 11.1 Å². The molecular weight excluding hydrogens is 126 g/mol. The van der Waals surface area contributed by atoms with Crippen molar-refractivity contribution in [2.75, 3.05) is 0 Å². The summed E-state index contributed by atoms with van der Waals surface area (Å²) in [4.78, 5) is 4.15. The molecule has 2 rings (SSSR count). The van der Waals surface area contributed by atoms with Crippen LogP contribution in [0.1, 0.15) is 5.56 Å². The minimum Gasteiger partial charge on any atom is -0.463 e. The molecule has 0 aliphatic rings. The maximum absolute atomic E-state index is 5.14. The lowest BCUT2D eigenvalue weighted by Gasteiger charge is -1.88. The van der Waals surface area contributed by atoms with Crippen LogP contribution in [0.2, 0.25) is 0 Å². The normalized spacial score (nSPS) is 10.5. The standard InChI is InChI=1S/C8H7NO/c1-6-4-8-7(9-5-6)2-3-10-8/h2-5H,1H3. The van der Waals surface area contributed by atoms with Gasteiger partial charge < -0.3 is 4.42 Å². The van der Waals surface area contributed by atoms with Crippen molar-refractivity contribution in [3.05, 3.63) is 30.2 Å². The molecule has 0 amide bonds. The zero-order valence-electron chi connectivity index (χ0n) is 5.66. The minimum absolute atomic E-state index is 0.861. The van der Waals surface area contributed by atoms with E-state index in [1.807, 2.05) is 25.3 Å². The molecule has 0 aliphatic carbocycles. The third-order valence-corrected chi connectivity index (χ3v) is 1.44. The van der Waals surface area contributed by atoms with Gasteiger partial charge in [-0.2, -0.15) is 0 Å². The first-order chi connectivity index (χ1) is 4.86. The number of rotatable bonds is 0. The van der Waals surface area contributed by atoms with E-state index >= 15 is 0 Å². The molecule has 0 spiro atoms. The van der Waals surface area contributed by atoms with Crippen LogP contribution in [0.5, 0.6) is 0 Å². The molecule has 0 saturated heterocycles. The molecule has 50 valence electrons. The fourth-order valence-corrected chi connectivity index (χ4v) is 0.944. The zero-order valence-corrected chi connectivity index (χ0v) is 5.66. The highest BCUT2D eigenvalue weighted by Crippen LogP contribution is 2.12. The molecule has 2 aromatic rings. The second-order valence-corrected chi connectivity index (χ2v) is 2.32. The lowest BCUT2D eigenvalue weighted by Crippen LogP contribution is -1.74. The third kappa shape index (κ3) is 0.692. The first kappa shape index (κ1) is 5.47. The maximum atomic E-state index is 5.14. The van der Waals surface area contributed by atoms with Crippen LogP contribution in [0.3, 0.4) is 0 Å². The van der Waals surface area contributed by atoms with Crippen molar-refractivity contribution in [2.24, 2.45) is 0 Å². The molecule has 0 saturated carbocycles. The number of fused-ring (bicyclic) bond motifs is 1. The Bertz CT molecular complexity index is 351. The number of pyridine rings is 1. The van der Waals surface area contributed by atoms with Crippen LogP contribution in [0.4, 0.5) is 0 Å². The highest BCUT2D eigenvalue weighted by molar-refractivity contribution is 5.72. The van der Waals surface area contributed by atoms with E-state index in [4.69, 9.17) is 4.42 Å². The van der Waals surface area contributed by atoms with Crippen LogP contribution in [-0.2, 0) is 0 Å². The summed E-state index contributed by atoms with van der Waals surface area (Å²) in [5.41, 5.74) is 2.91. The van der Waals surface area contributed by atoms with E-state index in [0.717, 1.165) is 16.7 Å². The first-order valence-electron chi connectivity index (χ1n) is 3.16. The van der Waals surface area contributed by atoms with Gasteiger partial charge in [0.25, 0.3) is 0 Å². The van der Waals surface area contributed by atoms with Gasteiger partial charge in [0.05, 0.1) is 6.26 Å². The van der Waals surface area contributed by atoms with Gasteiger partial charge in [-0.25, -0.2) is 0 Å². The van der Waals surface area contributed by atoms with Gasteiger partial charge in [-0.3, -0.25) is 4.98 Å². The highest BCUT2D eigenvalue weighted by Gasteiger charge is 1.95. The Morgan fingerprint density at radius 3 is 3.30 bits per heavy atom. The summed E-state index contributed by atoms with van der Waals surface area (Å²) < 4.78 is 5.14. The number of aryl methyl sites for hydroxylation is 1. The number of hydrogen-bond acceptors (Lipinski definition) is 2. The van der Waals surface area contributed by atoms with Gasteiger partial charge in [0.2, 0.25) is 0 Å². The largest absolute Gasteiger partial charge is 0.463 e. The van der Waals surface area contributed by atoms with Crippen LogP contribution >= 0.6 is 0 Å². The average molecular weight is 133 g/mol. The SMILES string of the molecule is Cc1cnc2ccoc2c1. The van der Waals surface area contributed by atoms with Gasteiger partial charge in [-0.1, -0.05) is 0 Å². The van der Waals surface area contributed by atoms with E-state index in [1.165, 1.54) is 0 Å². The van der Waals surface area contributed by atoms with Gasteiger partial charge in [0, 0.05) is 12.3 Å². The van der Waals surface area contributed by atoms with Gasteiger partial charge in [0.1, 0.15) is 5.52 Å². The molecule has 0 fully saturated rings. The summed E-state index contributed by atoms with van der Waals surface area (Å²) >= 11 is 0. The second-order valence-electron chi connectivity index (χ2n) is 2.32. The van der Waals surface area contributed by atoms with Gasteiger partial charge in [-0.05, 0) is 18.6 Å².